The number of rotatable bonds is 15. The number of ether oxygens (including phenoxy) is 2. The van der Waals surface area contributed by atoms with Gasteiger partial charge in [0.15, 0.2) is 6.61 Å². The molecule has 4 rings (SSSR count). The van der Waals surface area contributed by atoms with Crippen LogP contribution in [-0.4, -0.2) is 77.6 Å². The predicted molar refractivity (Wildman–Crippen MR) is 200 cm³/mol. The molecule has 0 radical (unpaired) electrons. The molecule has 14 heteroatoms. The van der Waals surface area contributed by atoms with Crippen LogP contribution >= 0.6 is 34.2 Å². The first-order valence-electron chi connectivity index (χ1n) is 16.7. The molecule has 272 valence electrons. The first kappa shape index (κ1) is 39.4. The zero-order chi connectivity index (χ0) is 36.9. The van der Waals surface area contributed by atoms with Crippen molar-refractivity contribution in [1.82, 2.24) is 20.9 Å². The van der Waals surface area contributed by atoms with E-state index in [2.05, 4.69) is 38.5 Å². The number of carbonyl (C=O) groups is 5. The topological polar surface area (TPSA) is 163 Å². The second-order valence-electron chi connectivity index (χ2n) is 12.7. The molecule has 0 saturated carbocycles. The molecular formula is C37H42ClIN4O8. The van der Waals surface area contributed by atoms with Gasteiger partial charge < -0.3 is 35.4 Å². The van der Waals surface area contributed by atoms with Crippen LogP contribution in [0.1, 0.15) is 44.2 Å². The van der Waals surface area contributed by atoms with Crippen LogP contribution < -0.4 is 25.4 Å². The number of nitrogens with zero attached hydrogens (tertiary/aromatic N) is 1. The van der Waals surface area contributed by atoms with Crippen molar-refractivity contribution in [2.24, 2.45) is 5.92 Å². The fourth-order valence-corrected chi connectivity index (χ4v) is 6.15. The first-order chi connectivity index (χ1) is 24.4. The van der Waals surface area contributed by atoms with Gasteiger partial charge in [0, 0.05) is 30.6 Å². The number of amides is 4. The number of carboxylic acids is 1. The van der Waals surface area contributed by atoms with Crippen LogP contribution in [0.4, 0.5) is 4.79 Å². The van der Waals surface area contributed by atoms with E-state index in [-0.39, 0.29) is 43.1 Å². The summed E-state index contributed by atoms with van der Waals surface area (Å²) < 4.78 is 12.0. The molecule has 4 amide bonds. The molecule has 1 aliphatic heterocycles. The van der Waals surface area contributed by atoms with E-state index in [0.29, 0.717) is 48.7 Å². The molecule has 1 heterocycles. The number of nitrogens with one attached hydrogen (secondary N) is 3. The highest BCUT2D eigenvalue weighted by Crippen LogP contribution is 2.20. The molecule has 12 nitrogen and oxygen atoms in total. The molecule has 0 unspecified atom stereocenters. The fraction of sp³-hybridized carbons (Fsp3) is 0.378. The van der Waals surface area contributed by atoms with E-state index in [1.807, 2.05) is 38.1 Å². The molecule has 0 bridgehead atoms. The average molecular weight is 833 g/mol. The summed E-state index contributed by atoms with van der Waals surface area (Å²) in [5.74, 6) is -1.59. The maximum Gasteiger partial charge on any atom is 0.415 e. The quantitative estimate of drug-likeness (QED) is 0.156. The number of benzene rings is 3. The largest absolute Gasteiger partial charge is 0.483 e. The fourth-order valence-electron chi connectivity index (χ4n) is 5.48. The van der Waals surface area contributed by atoms with Crippen LogP contribution in [0.25, 0.3) is 0 Å². The number of piperidine rings is 1. The van der Waals surface area contributed by atoms with E-state index in [4.69, 9.17) is 21.1 Å². The van der Waals surface area contributed by atoms with E-state index in [0.717, 1.165) is 9.13 Å². The zero-order valence-corrected chi connectivity index (χ0v) is 31.3. The second kappa shape index (κ2) is 19.3. The van der Waals surface area contributed by atoms with Crippen molar-refractivity contribution in [2.45, 2.75) is 64.1 Å². The minimum atomic E-state index is -1.27. The van der Waals surface area contributed by atoms with Crippen LogP contribution in [0.15, 0.2) is 72.8 Å². The highest BCUT2D eigenvalue weighted by Gasteiger charge is 2.28. The van der Waals surface area contributed by atoms with Gasteiger partial charge in [-0.15, -0.1) is 0 Å². The van der Waals surface area contributed by atoms with Crippen LogP contribution in [0.3, 0.4) is 0 Å². The van der Waals surface area contributed by atoms with Crippen LogP contribution in [0, 0.1) is 9.49 Å². The van der Waals surface area contributed by atoms with Crippen molar-refractivity contribution in [2.75, 3.05) is 19.7 Å². The monoisotopic (exact) mass is 832 g/mol. The molecule has 3 aromatic carbocycles. The Morgan fingerprint density at radius 1 is 0.882 bits per heavy atom. The molecule has 0 aliphatic carbocycles. The Kier molecular flexibility index (Phi) is 14.9. The molecule has 0 aromatic heterocycles. The summed E-state index contributed by atoms with van der Waals surface area (Å²) in [5, 5.41) is 18.8. The standard InChI is InChI=1S/C37H42ClIN4O8/c1-23(2)19-30(41-34(45)22-50-32-6-4-3-5-29(32)39)35(46)42-31(36(47)48)20-24-9-13-28(14-10-24)51-37(49)43-17-15-27(16-18-43)40-33(44)21-25-7-11-26(38)12-8-25/h3-14,23,27,30-31H,15-22H2,1-2H3,(H,40,44)(H,41,45)(H,42,46)(H,47,48)/t30-,31-/m0/s1. The number of halogens is 2. The lowest BCUT2D eigenvalue weighted by molar-refractivity contribution is -0.142. The summed E-state index contributed by atoms with van der Waals surface area (Å²) in [5.41, 5.74) is 1.46. The molecule has 1 aliphatic rings. The lowest BCUT2D eigenvalue weighted by Crippen LogP contribution is -2.53. The van der Waals surface area contributed by atoms with Crippen molar-refractivity contribution in [3.8, 4) is 11.5 Å². The van der Waals surface area contributed by atoms with Gasteiger partial charge in [-0.1, -0.05) is 61.8 Å². The van der Waals surface area contributed by atoms with Gasteiger partial charge >= 0.3 is 12.1 Å². The van der Waals surface area contributed by atoms with Gasteiger partial charge in [0.2, 0.25) is 11.8 Å². The normalized spacial score (nSPS) is 14.3. The minimum Gasteiger partial charge on any atom is -0.483 e. The summed E-state index contributed by atoms with van der Waals surface area (Å²) in [6, 6.07) is 18.4. The van der Waals surface area contributed by atoms with Crippen LogP contribution in [-0.2, 0) is 32.0 Å². The van der Waals surface area contributed by atoms with Gasteiger partial charge in [0.05, 0.1) is 9.99 Å². The Bertz CT molecular complexity index is 1660. The summed E-state index contributed by atoms with van der Waals surface area (Å²) in [4.78, 5) is 64.9. The number of carboxylic acid groups (broad SMARTS) is 1. The van der Waals surface area contributed by atoms with Crippen molar-refractivity contribution in [3.63, 3.8) is 0 Å². The van der Waals surface area contributed by atoms with E-state index >= 15 is 0 Å². The van der Waals surface area contributed by atoms with Crippen molar-refractivity contribution in [3.05, 3.63) is 92.5 Å². The highest BCUT2D eigenvalue weighted by atomic mass is 127. The summed E-state index contributed by atoms with van der Waals surface area (Å²) >= 11 is 8.01. The van der Waals surface area contributed by atoms with Gasteiger partial charge in [-0.3, -0.25) is 14.4 Å². The van der Waals surface area contributed by atoms with Gasteiger partial charge in [0.1, 0.15) is 23.6 Å². The SMILES string of the molecule is CC(C)C[C@H](NC(=O)COc1ccccc1I)C(=O)N[C@@H](Cc1ccc(OC(=O)N2CCC(NC(=O)Cc3ccc(Cl)cc3)CC2)cc1)C(=O)O. The third-order valence-electron chi connectivity index (χ3n) is 8.13. The van der Waals surface area contributed by atoms with Gasteiger partial charge in [-0.25, -0.2) is 9.59 Å². The second-order valence-corrected chi connectivity index (χ2v) is 14.3. The Morgan fingerprint density at radius 3 is 2.16 bits per heavy atom. The average Bonchev–Trinajstić information content (AvgIpc) is 3.09. The Hall–Kier alpha value is -4.37. The van der Waals surface area contributed by atoms with E-state index in [1.54, 1.807) is 53.4 Å². The van der Waals surface area contributed by atoms with Crippen molar-refractivity contribution < 1.29 is 38.6 Å². The number of carbonyl (C=O) groups excluding carboxylic acids is 4. The molecule has 51 heavy (non-hydrogen) atoms. The lowest BCUT2D eigenvalue weighted by atomic mass is 10.0. The van der Waals surface area contributed by atoms with Crippen molar-refractivity contribution in [1.29, 1.82) is 0 Å². The number of hydrogen-bond donors (Lipinski definition) is 4. The smallest absolute Gasteiger partial charge is 0.415 e. The van der Waals surface area contributed by atoms with Crippen LogP contribution in [0.2, 0.25) is 5.02 Å². The third-order valence-corrected chi connectivity index (χ3v) is 9.28. The summed E-state index contributed by atoms with van der Waals surface area (Å²) in [6.45, 7) is 4.32. The molecule has 2 atom stereocenters. The molecule has 3 aromatic rings. The summed E-state index contributed by atoms with van der Waals surface area (Å²) in [6.07, 6.45) is 1.16. The van der Waals surface area contributed by atoms with Crippen LogP contribution in [0.5, 0.6) is 11.5 Å². The molecule has 1 fully saturated rings. The predicted octanol–water partition coefficient (Wildman–Crippen LogP) is 4.99. The zero-order valence-electron chi connectivity index (χ0n) is 28.4. The van der Waals surface area contributed by atoms with Gasteiger partial charge in [0.25, 0.3) is 5.91 Å². The number of aliphatic carboxylic acids is 1. The van der Waals surface area contributed by atoms with E-state index in [1.165, 1.54) is 0 Å². The van der Waals surface area contributed by atoms with E-state index in [9.17, 15) is 29.1 Å². The maximum atomic E-state index is 13.2. The molecule has 1 saturated heterocycles. The minimum absolute atomic E-state index is 0.0357. The Balaban J connectivity index is 1.24. The maximum absolute atomic E-state index is 13.2. The molecule has 0 spiro atoms. The number of likely N-dealkylation sites (tertiary alicyclic amines) is 1. The lowest BCUT2D eigenvalue weighted by Gasteiger charge is -2.31. The van der Waals surface area contributed by atoms with E-state index < -0.39 is 36.0 Å². The Labute approximate surface area is 315 Å². The number of para-hydroxylation sites is 1. The molecular weight excluding hydrogens is 791 g/mol. The van der Waals surface area contributed by atoms with Gasteiger partial charge in [-0.2, -0.15) is 0 Å². The molecule has 4 N–H and O–H groups in total. The highest BCUT2D eigenvalue weighted by molar-refractivity contribution is 14.1. The number of hydrogen-bond acceptors (Lipinski definition) is 7. The summed E-state index contributed by atoms with van der Waals surface area (Å²) in [7, 11) is 0. The Morgan fingerprint density at radius 2 is 1.53 bits per heavy atom. The first-order valence-corrected chi connectivity index (χ1v) is 18.1. The van der Waals surface area contributed by atoms with Crippen molar-refractivity contribution >= 4 is 64.0 Å². The third kappa shape index (κ3) is 13.0. The van der Waals surface area contributed by atoms with Gasteiger partial charge in [-0.05, 0) is 95.3 Å².